The van der Waals surface area contributed by atoms with E-state index < -0.39 is 6.10 Å². The van der Waals surface area contributed by atoms with Crippen molar-refractivity contribution in [3.05, 3.63) is 63.4 Å². The quantitative estimate of drug-likeness (QED) is 0.905. The smallest absolute Gasteiger partial charge is 0.131 e. The molecule has 0 heterocycles. The first-order chi connectivity index (χ1) is 9.52. The van der Waals surface area contributed by atoms with Crippen LogP contribution in [0.25, 0.3) is 0 Å². The lowest BCUT2D eigenvalue weighted by Gasteiger charge is -2.15. The molecular weight excluding hydrogens is 323 g/mol. The van der Waals surface area contributed by atoms with Crippen molar-refractivity contribution >= 4 is 15.9 Å². The summed E-state index contributed by atoms with van der Waals surface area (Å²) in [5, 5.41) is 10.3. The third kappa shape index (κ3) is 3.19. The second kappa shape index (κ2) is 6.37. The van der Waals surface area contributed by atoms with E-state index >= 15 is 0 Å². The van der Waals surface area contributed by atoms with Gasteiger partial charge in [0.05, 0.1) is 13.2 Å². The van der Waals surface area contributed by atoms with Crippen molar-refractivity contribution in [1.82, 2.24) is 0 Å². The van der Waals surface area contributed by atoms with Gasteiger partial charge < -0.3 is 9.84 Å². The highest BCUT2D eigenvalue weighted by molar-refractivity contribution is 9.10. The summed E-state index contributed by atoms with van der Waals surface area (Å²) in [5.41, 5.74) is 1.67. The van der Waals surface area contributed by atoms with Crippen molar-refractivity contribution in [2.24, 2.45) is 0 Å². The average molecular weight is 339 g/mol. The summed E-state index contributed by atoms with van der Waals surface area (Å²) in [5.74, 6) is 0.328. The van der Waals surface area contributed by atoms with Gasteiger partial charge in [0.25, 0.3) is 0 Å². The van der Waals surface area contributed by atoms with Crippen molar-refractivity contribution in [1.29, 1.82) is 0 Å². The Morgan fingerprint density at radius 3 is 2.75 bits per heavy atom. The van der Waals surface area contributed by atoms with Gasteiger partial charge in [0.1, 0.15) is 11.6 Å². The lowest BCUT2D eigenvalue weighted by atomic mass is 9.99. The number of methoxy groups -OCH3 is 1. The zero-order chi connectivity index (χ0) is 14.7. The first-order valence-corrected chi connectivity index (χ1v) is 7.07. The minimum atomic E-state index is -0.905. The van der Waals surface area contributed by atoms with E-state index in [-0.39, 0.29) is 5.82 Å². The molecule has 1 unspecified atom stereocenters. The molecular formula is C16H16BrFO2. The molecule has 0 fully saturated rings. The molecule has 0 aliphatic heterocycles. The Labute approximate surface area is 126 Å². The van der Waals surface area contributed by atoms with E-state index in [4.69, 9.17) is 4.74 Å². The maximum atomic E-state index is 14.0. The first kappa shape index (κ1) is 15.0. The molecule has 2 aromatic carbocycles. The Kier molecular flexibility index (Phi) is 4.78. The van der Waals surface area contributed by atoms with Crippen LogP contribution in [0, 0.1) is 12.7 Å². The van der Waals surface area contributed by atoms with E-state index in [0.717, 1.165) is 10.0 Å². The topological polar surface area (TPSA) is 29.5 Å². The van der Waals surface area contributed by atoms with Crippen LogP contribution in [-0.4, -0.2) is 12.2 Å². The van der Waals surface area contributed by atoms with Crippen LogP contribution in [0.5, 0.6) is 5.75 Å². The Morgan fingerprint density at radius 2 is 2.05 bits per heavy atom. The SMILES string of the molecule is COc1ccc(Br)cc1CC(O)c1cccc(C)c1F. The van der Waals surface area contributed by atoms with Crippen LogP contribution in [-0.2, 0) is 6.42 Å². The molecule has 0 saturated carbocycles. The van der Waals surface area contributed by atoms with Crippen molar-refractivity contribution in [3.63, 3.8) is 0 Å². The maximum absolute atomic E-state index is 14.0. The molecule has 0 amide bonds. The number of rotatable bonds is 4. The molecule has 0 aliphatic rings. The molecule has 0 radical (unpaired) electrons. The monoisotopic (exact) mass is 338 g/mol. The third-order valence-electron chi connectivity index (χ3n) is 3.24. The molecule has 2 rings (SSSR count). The molecule has 0 saturated heterocycles. The van der Waals surface area contributed by atoms with Gasteiger partial charge in [0, 0.05) is 16.5 Å². The second-order valence-corrected chi connectivity index (χ2v) is 5.57. The van der Waals surface area contributed by atoms with Crippen LogP contribution in [0.2, 0.25) is 0 Å². The van der Waals surface area contributed by atoms with Crippen molar-refractivity contribution in [2.75, 3.05) is 7.11 Å². The van der Waals surface area contributed by atoms with E-state index in [1.54, 1.807) is 32.2 Å². The number of ether oxygens (including phenoxy) is 1. The van der Waals surface area contributed by atoms with E-state index in [0.29, 0.717) is 23.3 Å². The van der Waals surface area contributed by atoms with Gasteiger partial charge in [-0.15, -0.1) is 0 Å². The summed E-state index contributed by atoms with van der Waals surface area (Å²) in [7, 11) is 1.58. The predicted octanol–water partition coefficient (Wildman–Crippen LogP) is 4.18. The summed E-state index contributed by atoms with van der Waals surface area (Å²) in [6.07, 6.45) is -0.610. The fourth-order valence-corrected chi connectivity index (χ4v) is 2.56. The number of halogens is 2. The zero-order valence-electron chi connectivity index (χ0n) is 11.4. The fourth-order valence-electron chi connectivity index (χ4n) is 2.15. The number of aliphatic hydroxyl groups excluding tert-OH is 1. The maximum Gasteiger partial charge on any atom is 0.131 e. The van der Waals surface area contributed by atoms with E-state index in [1.165, 1.54) is 0 Å². The Hall–Kier alpha value is -1.39. The molecule has 1 N–H and O–H groups in total. The van der Waals surface area contributed by atoms with Crippen LogP contribution in [0.1, 0.15) is 22.8 Å². The highest BCUT2D eigenvalue weighted by Crippen LogP contribution is 2.29. The normalized spacial score (nSPS) is 12.2. The summed E-state index contributed by atoms with van der Waals surface area (Å²) in [6, 6.07) is 10.6. The van der Waals surface area contributed by atoms with Gasteiger partial charge in [-0.1, -0.05) is 34.1 Å². The van der Waals surface area contributed by atoms with Gasteiger partial charge in [-0.25, -0.2) is 4.39 Å². The molecule has 4 heteroatoms. The van der Waals surface area contributed by atoms with Crippen LogP contribution < -0.4 is 4.74 Å². The highest BCUT2D eigenvalue weighted by atomic mass is 79.9. The van der Waals surface area contributed by atoms with Crippen LogP contribution in [0.15, 0.2) is 40.9 Å². The highest BCUT2D eigenvalue weighted by Gasteiger charge is 2.17. The largest absolute Gasteiger partial charge is 0.496 e. The fraction of sp³-hybridized carbons (Fsp3) is 0.250. The standard InChI is InChI=1S/C16H16BrFO2/c1-10-4-3-5-13(16(10)18)14(19)9-11-8-12(17)6-7-15(11)20-2/h3-8,14,19H,9H2,1-2H3. The zero-order valence-corrected chi connectivity index (χ0v) is 12.9. The van der Waals surface area contributed by atoms with Gasteiger partial charge in [0.2, 0.25) is 0 Å². The van der Waals surface area contributed by atoms with Gasteiger partial charge in [0.15, 0.2) is 0 Å². The molecule has 0 aliphatic carbocycles. The van der Waals surface area contributed by atoms with Gasteiger partial charge >= 0.3 is 0 Å². The van der Waals surface area contributed by atoms with Crippen molar-refractivity contribution < 1.29 is 14.2 Å². The van der Waals surface area contributed by atoms with Crippen LogP contribution in [0.3, 0.4) is 0 Å². The molecule has 0 aromatic heterocycles. The van der Waals surface area contributed by atoms with Gasteiger partial charge in [-0.05, 0) is 36.2 Å². The number of hydrogen-bond donors (Lipinski definition) is 1. The lowest BCUT2D eigenvalue weighted by Crippen LogP contribution is -2.06. The molecule has 106 valence electrons. The summed E-state index contributed by atoms with van der Waals surface area (Å²) < 4.78 is 20.2. The Balaban J connectivity index is 2.30. The van der Waals surface area contributed by atoms with Crippen LogP contribution in [0.4, 0.5) is 4.39 Å². The molecule has 0 spiro atoms. The van der Waals surface area contributed by atoms with E-state index in [9.17, 15) is 9.50 Å². The number of aryl methyl sites for hydroxylation is 1. The summed E-state index contributed by atoms with van der Waals surface area (Å²) in [4.78, 5) is 0. The predicted molar refractivity (Wildman–Crippen MR) is 80.5 cm³/mol. The first-order valence-electron chi connectivity index (χ1n) is 6.28. The molecule has 1 atom stereocenters. The van der Waals surface area contributed by atoms with Crippen molar-refractivity contribution in [3.8, 4) is 5.75 Å². The number of hydrogen-bond acceptors (Lipinski definition) is 2. The van der Waals surface area contributed by atoms with Gasteiger partial charge in [-0.2, -0.15) is 0 Å². The number of aliphatic hydroxyl groups is 1. The van der Waals surface area contributed by atoms with E-state index in [1.807, 2.05) is 18.2 Å². The number of benzene rings is 2. The Morgan fingerprint density at radius 1 is 1.30 bits per heavy atom. The molecule has 2 aromatic rings. The molecule has 20 heavy (non-hydrogen) atoms. The minimum absolute atomic E-state index is 0.295. The lowest BCUT2D eigenvalue weighted by molar-refractivity contribution is 0.172. The van der Waals surface area contributed by atoms with Gasteiger partial charge in [-0.3, -0.25) is 0 Å². The average Bonchev–Trinajstić information content (AvgIpc) is 2.42. The molecule has 2 nitrogen and oxygen atoms in total. The second-order valence-electron chi connectivity index (χ2n) is 4.65. The molecule has 0 bridgehead atoms. The third-order valence-corrected chi connectivity index (χ3v) is 3.73. The van der Waals surface area contributed by atoms with Crippen molar-refractivity contribution in [2.45, 2.75) is 19.4 Å². The van der Waals surface area contributed by atoms with E-state index in [2.05, 4.69) is 15.9 Å². The Bertz CT molecular complexity index is 613. The minimum Gasteiger partial charge on any atom is -0.496 e. The summed E-state index contributed by atoms with van der Waals surface area (Å²) in [6.45, 7) is 1.69. The summed E-state index contributed by atoms with van der Waals surface area (Å²) >= 11 is 3.39. The van der Waals surface area contributed by atoms with Crippen LogP contribution >= 0.6 is 15.9 Å².